The number of Topliss-reactive ketones (excluding diaryl/α,β-unsaturated/α-hetero) is 1. The van der Waals surface area contributed by atoms with Crippen molar-refractivity contribution < 1.29 is 28.6 Å². The number of rotatable bonds is 6. The van der Waals surface area contributed by atoms with Gasteiger partial charge < -0.3 is 19.5 Å². The molecule has 0 unspecified atom stereocenters. The van der Waals surface area contributed by atoms with Crippen LogP contribution in [0.2, 0.25) is 0 Å². The molecule has 1 aliphatic carbocycles. The molecule has 3 atom stereocenters. The zero-order chi connectivity index (χ0) is 24.4. The van der Waals surface area contributed by atoms with Crippen molar-refractivity contribution in [1.82, 2.24) is 5.32 Å². The molecule has 0 saturated heterocycles. The quantitative estimate of drug-likeness (QED) is 0.511. The molecule has 1 N–H and O–H groups in total. The Balaban J connectivity index is 2.24. The van der Waals surface area contributed by atoms with Crippen LogP contribution in [0, 0.1) is 11.8 Å². The second-order valence-electron chi connectivity index (χ2n) is 9.19. The van der Waals surface area contributed by atoms with Crippen molar-refractivity contribution >= 4 is 17.7 Å². The van der Waals surface area contributed by atoms with Crippen LogP contribution in [-0.2, 0) is 23.9 Å². The Bertz CT molecular complexity index is 1020. The molecule has 0 aromatic heterocycles. The third kappa shape index (κ3) is 4.82. The van der Waals surface area contributed by atoms with Crippen molar-refractivity contribution in [2.45, 2.75) is 66.1 Å². The normalized spacial score (nSPS) is 22.8. The fraction of sp³-hybridized carbons (Fsp3) is 0.500. The van der Waals surface area contributed by atoms with Crippen molar-refractivity contribution in [3.8, 4) is 5.75 Å². The molecule has 0 bridgehead atoms. The van der Waals surface area contributed by atoms with Crippen molar-refractivity contribution in [2.24, 2.45) is 11.8 Å². The number of hydrogen-bond donors (Lipinski definition) is 1. The summed E-state index contributed by atoms with van der Waals surface area (Å²) in [6.45, 7) is 11.1. The van der Waals surface area contributed by atoms with Gasteiger partial charge in [-0.2, -0.15) is 0 Å². The average molecular weight is 456 g/mol. The first-order chi connectivity index (χ1) is 15.6. The van der Waals surface area contributed by atoms with Gasteiger partial charge in [0.25, 0.3) is 0 Å². The Kier molecular flexibility index (Phi) is 7.30. The van der Waals surface area contributed by atoms with E-state index in [9.17, 15) is 14.4 Å². The van der Waals surface area contributed by atoms with E-state index >= 15 is 0 Å². The van der Waals surface area contributed by atoms with E-state index in [2.05, 4.69) is 5.32 Å². The van der Waals surface area contributed by atoms with Crippen LogP contribution in [0.4, 0.5) is 0 Å². The molecular weight excluding hydrogens is 422 g/mol. The van der Waals surface area contributed by atoms with Gasteiger partial charge in [-0.05, 0) is 53.0 Å². The highest BCUT2D eigenvalue weighted by atomic mass is 16.5. The van der Waals surface area contributed by atoms with Crippen molar-refractivity contribution in [3.05, 3.63) is 52.4 Å². The van der Waals surface area contributed by atoms with Crippen LogP contribution in [0.15, 0.2) is 46.8 Å². The number of methoxy groups -OCH3 is 1. The van der Waals surface area contributed by atoms with Crippen LogP contribution in [-0.4, -0.2) is 37.0 Å². The molecule has 0 saturated carbocycles. The summed E-state index contributed by atoms with van der Waals surface area (Å²) in [5.74, 6) is -2.73. The minimum Gasteiger partial charge on any atom is -0.491 e. The van der Waals surface area contributed by atoms with Crippen LogP contribution >= 0.6 is 0 Å². The number of carbonyl (C=O) groups excluding carboxylic acids is 3. The van der Waals surface area contributed by atoms with Crippen molar-refractivity contribution in [2.75, 3.05) is 7.11 Å². The van der Waals surface area contributed by atoms with E-state index in [-0.39, 0.29) is 23.9 Å². The Morgan fingerprint density at radius 3 is 2.36 bits per heavy atom. The maximum absolute atomic E-state index is 13.8. The standard InChI is InChI=1S/C26H33NO6/c1-13(2)32-19-11-9-8-10-17(19)22-21(26(30)33-14(3)4)16(6)27-18-12-15(5)20(25(29)31-7)24(28)23(18)22/h8-11,13-15,20,22,27H,12H2,1-7H3/t15-,20-,22-/m1/s1. The molecule has 7 nitrogen and oxygen atoms in total. The Labute approximate surface area is 195 Å². The lowest BCUT2D eigenvalue weighted by Gasteiger charge is -2.38. The molecule has 0 fully saturated rings. The highest BCUT2D eigenvalue weighted by molar-refractivity contribution is 6.12. The highest BCUT2D eigenvalue weighted by Crippen LogP contribution is 2.47. The molecule has 1 aliphatic heterocycles. The summed E-state index contributed by atoms with van der Waals surface area (Å²) in [7, 11) is 1.28. The lowest BCUT2D eigenvalue weighted by molar-refractivity contribution is -0.151. The number of dihydropyridines is 1. The van der Waals surface area contributed by atoms with Gasteiger partial charge in [0, 0.05) is 22.5 Å². The molecule has 0 radical (unpaired) electrons. The van der Waals surface area contributed by atoms with E-state index in [0.717, 1.165) is 5.70 Å². The predicted octanol–water partition coefficient (Wildman–Crippen LogP) is 4.04. The van der Waals surface area contributed by atoms with Crippen molar-refractivity contribution in [1.29, 1.82) is 0 Å². The molecule has 0 amide bonds. The van der Waals surface area contributed by atoms with E-state index in [1.165, 1.54) is 7.11 Å². The minimum atomic E-state index is -0.933. The Morgan fingerprint density at radius 1 is 1.09 bits per heavy atom. The predicted molar refractivity (Wildman–Crippen MR) is 123 cm³/mol. The molecule has 1 heterocycles. The van der Waals surface area contributed by atoms with E-state index in [1.54, 1.807) is 20.8 Å². The molecular formula is C26H33NO6. The summed E-state index contributed by atoms with van der Waals surface area (Å²) in [6.07, 6.45) is 0.0391. The summed E-state index contributed by atoms with van der Waals surface area (Å²) < 4.78 is 16.6. The number of allylic oxidation sites excluding steroid dienone is 3. The van der Waals surface area contributed by atoms with Crippen LogP contribution < -0.4 is 10.1 Å². The lowest BCUT2D eigenvalue weighted by atomic mass is 9.69. The first kappa shape index (κ1) is 24.6. The summed E-state index contributed by atoms with van der Waals surface area (Å²) in [4.78, 5) is 39.6. The summed E-state index contributed by atoms with van der Waals surface area (Å²) in [5.41, 5.74) is 2.76. The number of carbonyl (C=O) groups is 3. The monoisotopic (exact) mass is 455 g/mol. The topological polar surface area (TPSA) is 90.9 Å². The largest absolute Gasteiger partial charge is 0.491 e. The molecule has 3 rings (SSSR count). The zero-order valence-electron chi connectivity index (χ0n) is 20.4. The maximum Gasteiger partial charge on any atom is 0.337 e. The van der Waals surface area contributed by atoms with Crippen LogP contribution in [0.25, 0.3) is 0 Å². The fourth-order valence-corrected chi connectivity index (χ4v) is 4.62. The van der Waals surface area contributed by atoms with Gasteiger partial charge in [-0.25, -0.2) is 4.79 Å². The van der Waals surface area contributed by atoms with E-state index in [4.69, 9.17) is 14.2 Å². The molecule has 1 aromatic carbocycles. The number of ketones is 1. The summed E-state index contributed by atoms with van der Waals surface area (Å²) >= 11 is 0. The van der Waals surface area contributed by atoms with Gasteiger partial charge in [-0.3, -0.25) is 9.59 Å². The van der Waals surface area contributed by atoms with Gasteiger partial charge in [-0.15, -0.1) is 0 Å². The number of hydrogen-bond acceptors (Lipinski definition) is 7. The van der Waals surface area contributed by atoms with Crippen LogP contribution in [0.5, 0.6) is 5.75 Å². The van der Waals surface area contributed by atoms with Gasteiger partial charge >= 0.3 is 11.9 Å². The van der Waals surface area contributed by atoms with E-state index in [1.807, 2.05) is 45.0 Å². The highest BCUT2D eigenvalue weighted by Gasteiger charge is 2.47. The number of ether oxygens (including phenoxy) is 3. The smallest absolute Gasteiger partial charge is 0.337 e. The average Bonchev–Trinajstić information content (AvgIpc) is 2.71. The first-order valence-corrected chi connectivity index (χ1v) is 11.4. The molecule has 0 spiro atoms. The van der Waals surface area contributed by atoms with Gasteiger partial charge in [0.15, 0.2) is 5.78 Å². The van der Waals surface area contributed by atoms with Crippen LogP contribution in [0.3, 0.4) is 0 Å². The van der Waals surface area contributed by atoms with E-state index < -0.39 is 23.8 Å². The molecule has 178 valence electrons. The summed E-state index contributed by atoms with van der Waals surface area (Å²) in [6, 6.07) is 7.38. The zero-order valence-corrected chi connectivity index (χ0v) is 20.4. The van der Waals surface area contributed by atoms with Gasteiger partial charge in [-0.1, -0.05) is 25.1 Å². The fourth-order valence-electron chi connectivity index (χ4n) is 4.62. The first-order valence-electron chi connectivity index (χ1n) is 11.4. The molecule has 2 aliphatic rings. The van der Waals surface area contributed by atoms with Gasteiger partial charge in [0.2, 0.25) is 0 Å². The SMILES string of the molecule is COC(=O)[C@H]1C(=O)C2=C(C[C@H]1C)NC(C)=C(C(=O)OC(C)C)[C@H]2c1ccccc1OC(C)C. The summed E-state index contributed by atoms with van der Waals surface area (Å²) in [5, 5.41) is 3.27. The minimum absolute atomic E-state index is 0.109. The third-order valence-electron chi connectivity index (χ3n) is 5.90. The third-order valence-corrected chi connectivity index (χ3v) is 5.90. The number of para-hydroxylation sites is 1. The second-order valence-corrected chi connectivity index (χ2v) is 9.19. The maximum atomic E-state index is 13.8. The number of benzene rings is 1. The number of esters is 2. The van der Waals surface area contributed by atoms with Gasteiger partial charge in [0.05, 0.1) is 30.8 Å². The Hall–Kier alpha value is -3.09. The molecule has 7 heteroatoms. The molecule has 33 heavy (non-hydrogen) atoms. The van der Waals surface area contributed by atoms with Crippen molar-refractivity contribution in [3.63, 3.8) is 0 Å². The Morgan fingerprint density at radius 2 is 1.76 bits per heavy atom. The number of nitrogens with one attached hydrogen (secondary N) is 1. The second kappa shape index (κ2) is 9.81. The lowest BCUT2D eigenvalue weighted by Crippen LogP contribution is -2.43. The van der Waals surface area contributed by atoms with Gasteiger partial charge in [0.1, 0.15) is 11.7 Å². The molecule has 1 aromatic rings. The van der Waals surface area contributed by atoms with Crippen LogP contribution in [0.1, 0.15) is 59.4 Å². The van der Waals surface area contributed by atoms with E-state index in [0.29, 0.717) is 34.6 Å².